The van der Waals surface area contributed by atoms with Crippen molar-refractivity contribution in [1.29, 1.82) is 5.41 Å². The molecular formula is C17H13Cl2F3N4O. The fourth-order valence-electron chi connectivity index (χ4n) is 3.06. The third kappa shape index (κ3) is 3.54. The Morgan fingerprint density at radius 3 is 2.70 bits per heavy atom. The first-order valence-corrected chi connectivity index (χ1v) is 8.45. The summed E-state index contributed by atoms with van der Waals surface area (Å²) in [6.07, 6.45) is -2.66. The molecule has 1 amide bonds. The lowest BCUT2D eigenvalue weighted by Crippen LogP contribution is -2.21. The predicted molar refractivity (Wildman–Crippen MR) is 98.7 cm³/mol. The van der Waals surface area contributed by atoms with Crippen molar-refractivity contribution in [3.63, 3.8) is 0 Å². The number of alkyl halides is 2. The van der Waals surface area contributed by atoms with E-state index >= 15 is 0 Å². The summed E-state index contributed by atoms with van der Waals surface area (Å²) in [6, 6.07) is 4.12. The molecule has 1 atom stereocenters. The van der Waals surface area contributed by atoms with E-state index < -0.39 is 35.9 Å². The Kier molecular flexibility index (Phi) is 5.21. The van der Waals surface area contributed by atoms with Gasteiger partial charge in [0.05, 0.1) is 18.2 Å². The van der Waals surface area contributed by atoms with Crippen LogP contribution in [0.25, 0.3) is 0 Å². The van der Waals surface area contributed by atoms with E-state index in [0.29, 0.717) is 0 Å². The summed E-state index contributed by atoms with van der Waals surface area (Å²) in [5, 5.41) is 12.5. The summed E-state index contributed by atoms with van der Waals surface area (Å²) in [7, 11) is 0. The van der Waals surface area contributed by atoms with Gasteiger partial charge in [0.25, 0.3) is 12.3 Å². The zero-order valence-corrected chi connectivity index (χ0v) is 15.1. The average molecular weight is 417 g/mol. The van der Waals surface area contributed by atoms with Gasteiger partial charge in [-0.05, 0) is 24.3 Å². The third-order valence-electron chi connectivity index (χ3n) is 4.13. The van der Waals surface area contributed by atoms with Crippen molar-refractivity contribution >= 4 is 45.7 Å². The lowest BCUT2D eigenvalue weighted by atomic mass is 9.92. The van der Waals surface area contributed by atoms with E-state index in [1.54, 1.807) is 0 Å². The Balaban J connectivity index is 2.20. The summed E-state index contributed by atoms with van der Waals surface area (Å²) in [5.74, 6) is -1.18. The number of nitrogens with two attached hydrogens (primary N) is 1. The number of rotatable bonds is 5. The molecule has 1 aliphatic rings. The van der Waals surface area contributed by atoms with Gasteiger partial charge in [-0.15, -0.1) is 0 Å². The van der Waals surface area contributed by atoms with Gasteiger partial charge in [0.2, 0.25) is 0 Å². The van der Waals surface area contributed by atoms with Crippen molar-refractivity contribution in [2.24, 2.45) is 0 Å². The topological polar surface area (TPSA) is 91.0 Å². The van der Waals surface area contributed by atoms with Crippen LogP contribution in [0.5, 0.6) is 0 Å². The summed E-state index contributed by atoms with van der Waals surface area (Å²) in [4.78, 5) is 12.6. The highest BCUT2D eigenvalue weighted by Crippen LogP contribution is 2.42. The fourth-order valence-corrected chi connectivity index (χ4v) is 3.49. The SMILES string of the molecule is N=C(Cl)c1c(NCC(F)F)cc(N)c2c1C(=O)NC2c1cc(F)ccc1Cl. The van der Waals surface area contributed by atoms with Gasteiger partial charge < -0.3 is 16.4 Å². The Morgan fingerprint density at radius 1 is 1.37 bits per heavy atom. The normalized spacial score (nSPS) is 15.6. The monoisotopic (exact) mass is 416 g/mol. The molecule has 3 rings (SSSR count). The maximum Gasteiger partial charge on any atom is 0.255 e. The van der Waals surface area contributed by atoms with Crippen LogP contribution >= 0.6 is 23.2 Å². The molecule has 0 aliphatic carbocycles. The highest BCUT2D eigenvalue weighted by atomic mass is 35.5. The Hall–Kier alpha value is -2.45. The minimum atomic E-state index is -2.66. The van der Waals surface area contributed by atoms with Crippen LogP contribution in [0.2, 0.25) is 5.02 Å². The van der Waals surface area contributed by atoms with Crippen LogP contribution in [-0.4, -0.2) is 24.0 Å². The highest BCUT2D eigenvalue weighted by Gasteiger charge is 2.37. The first-order valence-electron chi connectivity index (χ1n) is 7.69. The number of halogens is 5. The molecule has 5 nitrogen and oxygen atoms in total. The van der Waals surface area contributed by atoms with Gasteiger partial charge in [-0.25, -0.2) is 13.2 Å². The zero-order chi connectivity index (χ0) is 19.9. The maximum atomic E-state index is 13.7. The molecule has 1 unspecified atom stereocenters. The second kappa shape index (κ2) is 7.28. The van der Waals surface area contributed by atoms with Gasteiger partial charge in [0, 0.05) is 33.1 Å². The molecular weight excluding hydrogens is 404 g/mol. The average Bonchev–Trinajstić information content (AvgIpc) is 2.92. The smallest absolute Gasteiger partial charge is 0.255 e. The molecule has 0 aromatic heterocycles. The summed E-state index contributed by atoms with van der Waals surface area (Å²) >= 11 is 12.0. The second-order valence-corrected chi connectivity index (χ2v) is 6.62. The van der Waals surface area contributed by atoms with Crippen molar-refractivity contribution in [1.82, 2.24) is 5.32 Å². The van der Waals surface area contributed by atoms with Gasteiger partial charge in [-0.2, -0.15) is 0 Å². The molecule has 0 bridgehead atoms. The van der Waals surface area contributed by atoms with E-state index in [9.17, 15) is 18.0 Å². The molecule has 27 heavy (non-hydrogen) atoms. The number of hydrogen-bond donors (Lipinski definition) is 4. The molecule has 1 heterocycles. The molecule has 10 heteroatoms. The van der Waals surface area contributed by atoms with Crippen LogP contribution in [0.4, 0.5) is 24.5 Å². The van der Waals surface area contributed by atoms with Crippen molar-refractivity contribution in [3.05, 3.63) is 57.4 Å². The number of fused-ring (bicyclic) bond motifs is 1. The van der Waals surface area contributed by atoms with Crippen LogP contribution in [0.3, 0.4) is 0 Å². The molecule has 0 spiro atoms. The summed E-state index contributed by atoms with van der Waals surface area (Å²) < 4.78 is 38.8. The van der Waals surface area contributed by atoms with Crippen LogP contribution in [0, 0.1) is 11.2 Å². The summed E-state index contributed by atoms with van der Waals surface area (Å²) in [5.41, 5.74) is 6.62. The quantitative estimate of drug-likeness (QED) is 0.436. The Bertz CT molecular complexity index is 952. The predicted octanol–water partition coefficient (Wildman–Crippen LogP) is 4.14. The highest BCUT2D eigenvalue weighted by molar-refractivity contribution is 6.69. The molecule has 142 valence electrons. The van der Waals surface area contributed by atoms with Crippen LogP contribution in [0.1, 0.15) is 33.1 Å². The van der Waals surface area contributed by atoms with Crippen molar-refractivity contribution in [3.8, 4) is 0 Å². The number of amides is 1. The van der Waals surface area contributed by atoms with E-state index in [-0.39, 0.29) is 38.7 Å². The van der Waals surface area contributed by atoms with Gasteiger partial charge in [0.1, 0.15) is 11.0 Å². The van der Waals surface area contributed by atoms with E-state index in [1.165, 1.54) is 18.2 Å². The molecule has 2 aromatic rings. The number of carbonyl (C=O) groups excluding carboxylic acids is 1. The lowest BCUT2D eigenvalue weighted by Gasteiger charge is -2.18. The molecule has 0 saturated heterocycles. The number of nitrogens with one attached hydrogen (secondary N) is 3. The number of anilines is 2. The molecule has 2 aromatic carbocycles. The molecule has 0 saturated carbocycles. The van der Waals surface area contributed by atoms with E-state index in [1.807, 2.05) is 0 Å². The lowest BCUT2D eigenvalue weighted by molar-refractivity contribution is 0.0960. The molecule has 0 radical (unpaired) electrons. The first kappa shape index (κ1) is 19.3. The number of benzene rings is 2. The van der Waals surface area contributed by atoms with Crippen molar-refractivity contribution in [2.45, 2.75) is 12.5 Å². The van der Waals surface area contributed by atoms with E-state index in [0.717, 1.165) is 6.07 Å². The van der Waals surface area contributed by atoms with E-state index in [2.05, 4.69) is 10.6 Å². The molecule has 1 aliphatic heterocycles. The first-order chi connectivity index (χ1) is 12.7. The fraction of sp³-hybridized carbons (Fsp3) is 0.176. The number of nitrogen functional groups attached to an aromatic ring is 1. The number of carbonyl (C=O) groups is 1. The standard InChI is InChI=1S/C17H13Cl2F3N4O/c18-8-2-1-6(20)3-7(8)15-12-9(23)4-10(25-5-11(21)22)13(16(19)24)14(12)17(27)26-15/h1-4,11,15,24-25H,5,23H2,(H,26,27). The van der Waals surface area contributed by atoms with Crippen LogP contribution in [0.15, 0.2) is 24.3 Å². The van der Waals surface area contributed by atoms with Gasteiger partial charge in [-0.3, -0.25) is 10.2 Å². The minimum absolute atomic E-state index is 0.0305. The van der Waals surface area contributed by atoms with Crippen LogP contribution in [-0.2, 0) is 0 Å². The minimum Gasteiger partial charge on any atom is -0.398 e. The Labute approximate surface area is 162 Å². The largest absolute Gasteiger partial charge is 0.398 e. The van der Waals surface area contributed by atoms with Crippen molar-refractivity contribution in [2.75, 3.05) is 17.6 Å². The van der Waals surface area contributed by atoms with Crippen LogP contribution < -0.4 is 16.4 Å². The van der Waals surface area contributed by atoms with Crippen molar-refractivity contribution < 1.29 is 18.0 Å². The van der Waals surface area contributed by atoms with Gasteiger partial charge >= 0.3 is 0 Å². The number of hydrogen-bond acceptors (Lipinski definition) is 4. The molecule has 0 fully saturated rings. The Morgan fingerprint density at radius 2 is 2.07 bits per heavy atom. The third-order valence-corrected chi connectivity index (χ3v) is 4.66. The molecule has 5 N–H and O–H groups in total. The zero-order valence-electron chi connectivity index (χ0n) is 13.5. The van der Waals surface area contributed by atoms with Gasteiger partial charge in [0.15, 0.2) is 0 Å². The maximum absolute atomic E-state index is 13.7. The second-order valence-electron chi connectivity index (χ2n) is 5.84. The van der Waals surface area contributed by atoms with E-state index in [4.69, 9.17) is 34.3 Å². The van der Waals surface area contributed by atoms with Gasteiger partial charge in [-0.1, -0.05) is 23.2 Å². The summed E-state index contributed by atoms with van der Waals surface area (Å²) in [6.45, 7) is -0.712.